The van der Waals surface area contributed by atoms with Gasteiger partial charge in [-0.25, -0.2) is 4.79 Å². The van der Waals surface area contributed by atoms with Gasteiger partial charge in [0, 0.05) is 101 Å². The van der Waals surface area contributed by atoms with Crippen molar-refractivity contribution in [2.45, 2.75) is 106 Å². The van der Waals surface area contributed by atoms with Crippen LogP contribution in [-0.4, -0.2) is 163 Å². The summed E-state index contributed by atoms with van der Waals surface area (Å²) in [5.41, 5.74) is 1.49. The van der Waals surface area contributed by atoms with E-state index in [-0.39, 0.29) is 19.3 Å². The number of benzene rings is 4. The van der Waals surface area contributed by atoms with Crippen molar-refractivity contribution >= 4 is 46.4 Å². The number of nitrogens with one attached hydrogen (secondary N) is 1. The molecule has 1 saturated carbocycles. The van der Waals surface area contributed by atoms with Gasteiger partial charge in [-0.1, -0.05) is 55.8 Å². The third-order valence-corrected chi connectivity index (χ3v) is 21.7. The van der Waals surface area contributed by atoms with Crippen LogP contribution in [0.1, 0.15) is 103 Å². The first kappa shape index (κ1) is 59.4. The highest BCUT2D eigenvalue weighted by Crippen LogP contribution is 2.69. The van der Waals surface area contributed by atoms with Gasteiger partial charge in [0.2, 0.25) is 18.1 Å². The highest BCUT2D eigenvalue weighted by atomic mass is 16.7. The second-order valence-corrected chi connectivity index (χ2v) is 25.6. The first-order valence-electron chi connectivity index (χ1n) is 31.1. The number of para-hydroxylation sites is 1. The fraction of sp³-hybridized carbons (Fsp3) is 0.493. The highest BCUT2D eigenvalue weighted by Gasteiger charge is 2.80. The molecule has 13 atom stereocenters. The third-order valence-electron chi connectivity index (χ3n) is 21.7. The van der Waals surface area contributed by atoms with E-state index in [0.717, 1.165) is 47.2 Å². The van der Waals surface area contributed by atoms with Crippen molar-refractivity contribution in [2.75, 3.05) is 94.2 Å². The van der Waals surface area contributed by atoms with Gasteiger partial charge in [-0.15, -0.1) is 0 Å². The number of likely N-dealkylation sites (N-methyl/N-ethyl adjacent to an activating group) is 1. The van der Waals surface area contributed by atoms with Gasteiger partial charge < -0.3 is 67.1 Å². The molecule has 8 heterocycles. The largest absolute Gasteiger partial charge is 0.496 e. The van der Waals surface area contributed by atoms with E-state index >= 15 is 9.59 Å². The zero-order valence-corrected chi connectivity index (χ0v) is 52.1. The second-order valence-electron chi connectivity index (χ2n) is 25.6. The number of carbonyl (C=O) groups excluding carboxylic acids is 5. The summed E-state index contributed by atoms with van der Waals surface area (Å²) < 4.78 is 65.8. The van der Waals surface area contributed by atoms with E-state index in [2.05, 4.69) is 39.9 Å². The molecule has 2 N–H and O–H groups in total. The number of hydrogen-bond acceptors (Lipinski definition) is 20. The highest BCUT2D eigenvalue weighted by molar-refractivity contribution is 5.95. The van der Waals surface area contributed by atoms with E-state index in [4.69, 9.17) is 52.1 Å². The number of ether oxygens (including phenoxy) is 11. The summed E-state index contributed by atoms with van der Waals surface area (Å²) in [5, 5.41) is 15.1. The lowest BCUT2D eigenvalue weighted by atomic mass is 9.47. The number of esters is 5. The number of anilines is 1. The predicted octanol–water partition coefficient (Wildman–Crippen LogP) is 7.49. The van der Waals surface area contributed by atoms with Crippen molar-refractivity contribution in [3.05, 3.63) is 124 Å². The maximum absolute atomic E-state index is 15.6. The molecule has 1 unspecified atom stereocenters. The average molecular weight is 1230 g/mol. The van der Waals surface area contributed by atoms with Crippen LogP contribution in [0, 0.1) is 23.2 Å². The van der Waals surface area contributed by atoms with Crippen LogP contribution in [0.25, 0.3) is 10.9 Å². The van der Waals surface area contributed by atoms with Crippen molar-refractivity contribution in [2.24, 2.45) is 23.2 Å². The number of cyclic esters (lactones) is 1. The Balaban J connectivity index is 0.824. The van der Waals surface area contributed by atoms with Crippen molar-refractivity contribution in [3.8, 4) is 34.5 Å². The molecule has 0 radical (unpaired) electrons. The van der Waals surface area contributed by atoms with Crippen LogP contribution in [0.5, 0.6) is 34.5 Å². The van der Waals surface area contributed by atoms with E-state index in [1.165, 1.54) is 41.1 Å². The Morgan fingerprint density at radius 3 is 2.19 bits per heavy atom. The van der Waals surface area contributed by atoms with Gasteiger partial charge in [0.1, 0.15) is 17.3 Å². The molecule has 5 aromatic rings. The van der Waals surface area contributed by atoms with Crippen LogP contribution in [0.3, 0.4) is 0 Å². The number of carbonyl (C=O) groups is 5. The number of aromatic nitrogens is 1. The number of rotatable bonds is 15. The molecule has 2 bridgehead atoms. The fourth-order valence-electron chi connectivity index (χ4n) is 18.2. The summed E-state index contributed by atoms with van der Waals surface area (Å²) in [6.45, 7) is 7.23. The number of hydrogen-bond donors (Lipinski definition) is 2. The molecule has 1 aromatic heterocycles. The summed E-state index contributed by atoms with van der Waals surface area (Å²) in [5.74, 6) is -3.42. The average Bonchev–Trinajstić information content (AvgIpc) is 1.45. The van der Waals surface area contributed by atoms with Crippen LogP contribution in [-0.2, 0) is 65.0 Å². The molecule has 3 fully saturated rings. The van der Waals surface area contributed by atoms with Gasteiger partial charge in [0.05, 0.1) is 74.1 Å². The van der Waals surface area contributed by atoms with Crippen LogP contribution < -0.4 is 33.3 Å². The number of fused-ring (bicyclic) bond motifs is 9. The van der Waals surface area contributed by atoms with Gasteiger partial charge in [0.25, 0.3) is 0 Å². The monoisotopic (exact) mass is 1230 g/mol. The molecule has 0 amide bonds. The van der Waals surface area contributed by atoms with Gasteiger partial charge in [0.15, 0.2) is 29.1 Å². The molecule has 90 heavy (non-hydrogen) atoms. The fourth-order valence-corrected chi connectivity index (χ4v) is 18.2. The Morgan fingerprint density at radius 1 is 0.789 bits per heavy atom. The maximum atomic E-state index is 15.6. The van der Waals surface area contributed by atoms with Crippen LogP contribution >= 0.6 is 0 Å². The number of H-pyrrole nitrogens is 1. The Hall–Kier alpha value is -8.27. The molecule has 474 valence electrons. The van der Waals surface area contributed by atoms with Gasteiger partial charge >= 0.3 is 29.8 Å². The topological polar surface area (TPSA) is 233 Å². The summed E-state index contributed by atoms with van der Waals surface area (Å²) in [6.07, 6.45) is 4.75. The third kappa shape index (κ3) is 8.32. The summed E-state index contributed by atoms with van der Waals surface area (Å²) >= 11 is 0. The molecule has 21 nitrogen and oxygen atoms in total. The minimum absolute atomic E-state index is 0.0441. The van der Waals surface area contributed by atoms with E-state index in [1.54, 1.807) is 31.4 Å². The summed E-state index contributed by atoms with van der Waals surface area (Å²) in [4.78, 5) is 84.7. The Labute approximate surface area is 521 Å². The normalized spacial score (nSPS) is 31.3. The van der Waals surface area contributed by atoms with Gasteiger partial charge in [-0.2, -0.15) is 0 Å². The predicted molar refractivity (Wildman–Crippen MR) is 325 cm³/mol. The summed E-state index contributed by atoms with van der Waals surface area (Å²) in [6, 6.07) is 17.6. The van der Waals surface area contributed by atoms with Crippen molar-refractivity contribution in [3.63, 3.8) is 0 Å². The molecule has 2 saturated heterocycles. The quantitative estimate of drug-likeness (QED) is 0.0587. The van der Waals surface area contributed by atoms with E-state index in [1.807, 2.05) is 55.3 Å². The number of aromatic amines is 1. The van der Waals surface area contributed by atoms with Gasteiger partial charge in [-0.05, 0) is 96.8 Å². The van der Waals surface area contributed by atoms with Crippen molar-refractivity contribution in [1.82, 2.24) is 14.8 Å². The molecular weight excluding hydrogens is 1160 g/mol. The van der Waals surface area contributed by atoms with Crippen LogP contribution in [0.2, 0.25) is 0 Å². The molecule has 4 aromatic carbocycles. The smallest absolute Gasteiger partial charge is 0.344 e. The van der Waals surface area contributed by atoms with Crippen molar-refractivity contribution < 1.29 is 81.2 Å². The molecule has 14 rings (SSSR count). The number of aliphatic hydroxyl groups is 1. The first-order chi connectivity index (χ1) is 43.5. The lowest BCUT2D eigenvalue weighted by Crippen LogP contribution is -2.81. The maximum Gasteiger partial charge on any atom is 0.344 e. The second kappa shape index (κ2) is 22.0. The Bertz CT molecular complexity index is 3850. The van der Waals surface area contributed by atoms with Gasteiger partial charge in [-0.3, -0.25) is 29.0 Å². The molecule has 2 aliphatic carbocycles. The van der Waals surface area contributed by atoms with E-state index in [9.17, 15) is 19.5 Å². The molecular formula is C69H76N4O17. The minimum atomic E-state index is -2.55. The van der Waals surface area contributed by atoms with E-state index < -0.39 is 107 Å². The molecule has 9 aliphatic rings. The Morgan fingerprint density at radius 2 is 1.50 bits per heavy atom. The minimum Gasteiger partial charge on any atom is -0.496 e. The van der Waals surface area contributed by atoms with Crippen LogP contribution in [0.15, 0.2) is 84.5 Å². The summed E-state index contributed by atoms with van der Waals surface area (Å²) in [7, 11) is 10.6. The number of nitrogens with zero attached hydrogens (tertiary/aromatic N) is 3. The zero-order chi connectivity index (χ0) is 62.9. The molecule has 1 spiro atoms. The van der Waals surface area contributed by atoms with Crippen molar-refractivity contribution in [1.29, 1.82) is 0 Å². The SMILES string of the molecule is CCC1=C[C@H]2CN(C1)Cc1c([nH]c3ccccc13)[C@@](C(=O)OC)(c1cc3c(cc1OC)N(C)[C@H]1[C@@](O)(C(=O)OC)[C@H](OC(=O)CCC(=O)O[C@H]4c5cc6c(cc5[C@@H](c5cc(OC)c(OC)c(OC)c5)[C@H]5C(=O)OC[C@@H]54)OCO6)[C@]4(CC)C=CCN5CC[C@]31[C@@H]54)C2. The zero-order valence-electron chi connectivity index (χ0n) is 52.1. The standard InChI is InChI=1S/C69H76N4O17/c1-10-36-23-37-30-68(64(77)84-8,59-42(33-72(31-36)32-37)39-15-12-13-16-46(39)70-59)45-28-44-47(29-48(45)80-4)71(3)62-67(44)20-22-73-21-14-19-66(11-2,61(67)73)63(69(62,79)65(78)85-9)90-54(75)18-17-53(74)89-57-41-27-50-49(87-35-88-50)26-40(41)55(56-43(57)34-86-60(56)76)38-24-51(81-5)58(83-7)52(25-38)82-6/h12-16,19,23-29,37,43,55-57,61-63,70,79H,10-11,17-18,20-22,30-35H2,1-9H3/t37-,43+,55-,56+,57+,61+,62-,63-,66-,67-,68+,69+/m1/s1. The lowest BCUT2D eigenvalue weighted by molar-refractivity contribution is -0.229. The van der Waals surface area contributed by atoms with E-state index in [0.29, 0.717) is 101 Å². The molecule has 21 heteroatoms. The number of methoxy groups -OCH3 is 6. The Kier molecular flexibility index (Phi) is 14.5. The first-order valence-corrected chi connectivity index (χ1v) is 31.1. The lowest BCUT2D eigenvalue weighted by Gasteiger charge is -2.63. The molecule has 7 aliphatic heterocycles. The van der Waals surface area contributed by atoms with Crippen LogP contribution in [0.4, 0.5) is 5.69 Å².